The average Bonchev–Trinajstić information content (AvgIpc) is 3.84. The number of aromatic nitrogens is 1. The fourth-order valence-electron chi connectivity index (χ4n) is 5.29. The number of nitrogens with zero attached hydrogens (tertiary/aromatic N) is 3. The van der Waals surface area contributed by atoms with E-state index in [2.05, 4.69) is 20.5 Å². The predicted molar refractivity (Wildman–Crippen MR) is 154 cm³/mol. The summed E-state index contributed by atoms with van der Waals surface area (Å²) in [5.74, 6) is 0.181. The molecule has 2 fully saturated rings. The Morgan fingerprint density at radius 3 is 2.37 bits per heavy atom. The van der Waals surface area contributed by atoms with Gasteiger partial charge < -0.3 is 10.6 Å². The number of likely N-dealkylation sites (tertiary alicyclic amines) is 1. The summed E-state index contributed by atoms with van der Waals surface area (Å²) in [4.78, 5) is 42.6. The lowest BCUT2D eigenvalue weighted by molar-refractivity contribution is -0.384. The Bertz CT molecular complexity index is 1480. The number of amides is 2. The molecule has 1 aromatic heterocycles. The lowest BCUT2D eigenvalue weighted by Gasteiger charge is -2.32. The molecule has 0 radical (unpaired) electrons. The maximum atomic E-state index is 12.8. The quantitative estimate of drug-likeness (QED) is 0.218. The Morgan fingerprint density at radius 2 is 1.72 bits per heavy atom. The number of hydrogen-bond donors (Lipinski definition) is 2. The molecule has 2 N–H and O–H groups in total. The largest absolute Gasteiger partial charge is 0.416 e. The minimum absolute atomic E-state index is 0.00805. The highest BCUT2D eigenvalue weighted by molar-refractivity contribution is 5.96. The number of benzene rings is 2. The zero-order valence-corrected chi connectivity index (χ0v) is 23.4. The first-order valence-corrected chi connectivity index (χ1v) is 14.3. The van der Waals surface area contributed by atoms with Gasteiger partial charge in [-0.15, -0.1) is 0 Å². The van der Waals surface area contributed by atoms with Crippen molar-refractivity contribution >= 4 is 23.3 Å². The van der Waals surface area contributed by atoms with Gasteiger partial charge in [0.2, 0.25) is 5.91 Å². The first-order valence-electron chi connectivity index (χ1n) is 14.3. The molecule has 2 amide bonds. The molecule has 0 unspecified atom stereocenters. The Hall–Kier alpha value is -4.32. The standard InChI is InChI=1S/C31H32F3N5O4/c32-31(33,34)25-6-1-21(2-7-25)19-38-15-11-20(12-16-38)9-13-36-29(40)24-5-8-26(27(17-24)39(42)43)23-10-14-35-28(18-23)37-30(41)22-3-4-22/h1-2,5-8,10,14,17-18,20,22H,3-4,9,11-13,15-16,19H2,(H,36,40)(H,35,37,41). The summed E-state index contributed by atoms with van der Waals surface area (Å²) in [7, 11) is 0. The highest BCUT2D eigenvalue weighted by Crippen LogP contribution is 2.34. The number of carbonyl (C=O) groups is 2. The minimum atomic E-state index is -4.34. The number of hydrogen-bond acceptors (Lipinski definition) is 6. The van der Waals surface area contributed by atoms with E-state index in [0.29, 0.717) is 36.0 Å². The van der Waals surface area contributed by atoms with Gasteiger partial charge in [0.15, 0.2) is 0 Å². The van der Waals surface area contributed by atoms with Crippen molar-refractivity contribution in [2.75, 3.05) is 25.0 Å². The van der Waals surface area contributed by atoms with Crippen LogP contribution in [0.25, 0.3) is 11.1 Å². The summed E-state index contributed by atoms with van der Waals surface area (Å²) in [6, 6.07) is 12.8. The van der Waals surface area contributed by atoms with Gasteiger partial charge >= 0.3 is 6.18 Å². The van der Waals surface area contributed by atoms with Crippen LogP contribution in [0.15, 0.2) is 60.8 Å². The summed E-state index contributed by atoms with van der Waals surface area (Å²) in [6.45, 7) is 2.64. The average molecular weight is 596 g/mol. The number of nitrogens with one attached hydrogen (secondary N) is 2. The monoisotopic (exact) mass is 595 g/mol. The van der Waals surface area contributed by atoms with Gasteiger partial charge in [-0.2, -0.15) is 13.2 Å². The van der Waals surface area contributed by atoms with Gasteiger partial charge in [-0.05, 0) is 98.6 Å². The number of pyridine rings is 1. The van der Waals surface area contributed by atoms with Crippen LogP contribution in [0.1, 0.15) is 53.6 Å². The molecule has 2 heterocycles. The first-order chi connectivity index (χ1) is 20.6. The van der Waals surface area contributed by atoms with Crippen molar-refractivity contribution in [3.63, 3.8) is 0 Å². The van der Waals surface area contributed by atoms with Gasteiger partial charge in [0.05, 0.1) is 16.1 Å². The maximum absolute atomic E-state index is 12.8. The molecule has 0 spiro atoms. The van der Waals surface area contributed by atoms with E-state index in [4.69, 9.17) is 0 Å². The van der Waals surface area contributed by atoms with Crippen LogP contribution < -0.4 is 10.6 Å². The molecular formula is C31H32F3N5O4. The smallest absolute Gasteiger partial charge is 0.352 e. The van der Waals surface area contributed by atoms with Crippen LogP contribution in [0.4, 0.5) is 24.7 Å². The van der Waals surface area contributed by atoms with Crippen molar-refractivity contribution in [3.05, 3.63) is 87.6 Å². The summed E-state index contributed by atoms with van der Waals surface area (Å²) in [5.41, 5.74) is 0.958. The van der Waals surface area contributed by atoms with Crippen LogP contribution >= 0.6 is 0 Å². The molecule has 226 valence electrons. The second-order valence-corrected chi connectivity index (χ2v) is 11.1. The molecule has 2 aromatic carbocycles. The summed E-state index contributed by atoms with van der Waals surface area (Å²) in [6.07, 6.45) is 1.39. The Balaban J connectivity index is 1.11. The zero-order valence-electron chi connectivity index (χ0n) is 23.4. The molecule has 1 aliphatic carbocycles. The van der Waals surface area contributed by atoms with Crippen LogP contribution in [0, 0.1) is 22.0 Å². The normalized spacial score (nSPS) is 16.1. The molecule has 1 saturated carbocycles. The van der Waals surface area contributed by atoms with E-state index in [0.717, 1.165) is 62.9 Å². The van der Waals surface area contributed by atoms with Crippen LogP contribution in [-0.4, -0.2) is 46.3 Å². The second kappa shape index (κ2) is 12.9. The third-order valence-corrected chi connectivity index (χ3v) is 7.96. The van der Waals surface area contributed by atoms with Crippen LogP contribution in [-0.2, 0) is 17.5 Å². The predicted octanol–water partition coefficient (Wildman–Crippen LogP) is 6.06. The van der Waals surface area contributed by atoms with E-state index in [1.54, 1.807) is 18.2 Å². The van der Waals surface area contributed by atoms with Crippen molar-refractivity contribution < 1.29 is 27.7 Å². The van der Waals surface area contributed by atoms with E-state index in [-0.39, 0.29) is 23.1 Å². The number of halogens is 3. The van der Waals surface area contributed by atoms with Crippen molar-refractivity contribution in [1.29, 1.82) is 0 Å². The van der Waals surface area contributed by atoms with Gasteiger partial charge in [0.1, 0.15) is 5.82 Å². The summed E-state index contributed by atoms with van der Waals surface area (Å²) >= 11 is 0. The number of nitro benzene ring substituents is 1. The molecule has 43 heavy (non-hydrogen) atoms. The third-order valence-electron chi connectivity index (χ3n) is 7.96. The van der Waals surface area contributed by atoms with E-state index in [9.17, 15) is 32.9 Å². The third kappa shape index (κ3) is 7.95. The molecular weight excluding hydrogens is 563 g/mol. The topological polar surface area (TPSA) is 117 Å². The second-order valence-electron chi connectivity index (χ2n) is 11.1. The molecule has 5 rings (SSSR count). The van der Waals surface area contributed by atoms with Gasteiger partial charge in [-0.3, -0.25) is 24.6 Å². The lowest BCUT2D eigenvalue weighted by atomic mass is 9.93. The summed E-state index contributed by atoms with van der Waals surface area (Å²) < 4.78 is 38.4. The Morgan fingerprint density at radius 1 is 1.00 bits per heavy atom. The van der Waals surface area contributed by atoms with Crippen LogP contribution in [0.2, 0.25) is 0 Å². The van der Waals surface area contributed by atoms with Crippen molar-refractivity contribution in [1.82, 2.24) is 15.2 Å². The number of piperidine rings is 1. The van der Waals surface area contributed by atoms with Crippen molar-refractivity contribution in [3.8, 4) is 11.1 Å². The number of anilines is 1. The van der Waals surface area contributed by atoms with Crippen LogP contribution in [0.3, 0.4) is 0 Å². The molecule has 12 heteroatoms. The first kappa shape index (κ1) is 30.1. The van der Waals surface area contributed by atoms with Gasteiger partial charge in [0.25, 0.3) is 11.6 Å². The number of rotatable bonds is 10. The van der Waals surface area contributed by atoms with E-state index >= 15 is 0 Å². The molecule has 0 bridgehead atoms. The highest BCUT2D eigenvalue weighted by atomic mass is 19.4. The molecule has 9 nitrogen and oxygen atoms in total. The molecule has 3 aromatic rings. The van der Waals surface area contributed by atoms with Gasteiger partial charge in [-0.25, -0.2) is 4.98 Å². The number of alkyl halides is 3. The molecule has 1 aliphatic heterocycles. The zero-order chi connectivity index (χ0) is 30.6. The Kier molecular flexibility index (Phi) is 9.05. The highest BCUT2D eigenvalue weighted by Gasteiger charge is 2.31. The number of carbonyl (C=O) groups excluding carboxylic acids is 2. The fraction of sp³-hybridized carbons (Fsp3) is 0.387. The van der Waals surface area contributed by atoms with Crippen molar-refractivity contribution in [2.24, 2.45) is 11.8 Å². The van der Waals surface area contributed by atoms with Gasteiger partial charge in [-0.1, -0.05) is 12.1 Å². The SMILES string of the molecule is O=C(NCCC1CCN(Cc2ccc(C(F)(F)F)cc2)CC1)c1ccc(-c2ccnc(NC(=O)C3CC3)c2)c([N+](=O)[O-])c1. The minimum Gasteiger partial charge on any atom is -0.352 e. The van der Waals surface area contributed by atoms with E-state index in [1.807, 2.05) is 0 Å². The Labute approximate surface area is 246 Å². The van der Waals surface area contributed by atoms with E-state index < -0.39 is 22.6 Å². The van der Waals surface area contributed by atoms with Crippen LogP contribution in [0.5, 0.6) is 0 Å². The van der Waals surface area contributed by atoms with Crippen molar-refractivity contribution in [2.45, 2.75) is 44.8 Å². The fourth-order valence-corrected chi connectivity index (χ4v) is 5.29. The molecule has 1 saturated heterocycles. The summed E-state index contributed by atoms with van der Waals surface area (Å²) in [5, 5.41) is 17.5. The molecule has 2 aliphatic rings. The number of nitro groups is 1. The van der Waals surface area contributed by atoms with Gasteiger partial charge in [0, 0.05) is 36.8 Å². The van der Waals surface area contributed by atoms with E-state index in [1.165, 1.54) is 30.5 Å². The molecule has 0 atom stereocenters. The lowest BCUT2D eigenvalue weighted by Crippen LogP contribution is -2.34. The maximum Gasteiger partial charge on any atom is 0.416 e.